The normalized spacial score (nSPS) is 17.1. The van der Waals surface area contributed by atoms with Crippen LogP contribution in [0, 0.1) is 6.92 Å². The summed E-state index contributed by atoms with van der Waals surface area (Å²) >= 11 is 0. The van der Waals surface area contributed by atoms with Gasteiger partial charge in [-0.15, -0.1) is 0 Å². The lowest BCUT2D eigenvalue weighted by molar-refractivity contribution is -0.127. The summed E-state index contributed by atoms with van der Waals surface area (Å²) in [7, 11) is 1.41. The molecule has 2 aromatic carbocycles. The van der Waals surface area contributed by atoms with Crippen molar-refractivity contribution in [1.29, 1.82) is 0 Å². The number of nitrogens with two attached hydrogens (primary N) is 1. The molecule has 0 bridgehead atoms. The van der Waals surface area contributed by atoms with Gasteiger partial charge in [0.15, 0.2) is 0 Å². The minimum atomic E-state index is -0.790. The molecule has 30 heavy (non-hydrogen) atoms. The van der Waals surface area contributed by atoms with Crippen LogP contribution in [0.25, 0.3) is 11.1 Å². The number of hydrogen-bond acceptors (Lipinski definition) is 5. The van der Waals surface area contributed by atoms with Gasteiger partial charge in [-0.05, 0) is 35.7 Å². The van der Waals surface area contributed by atoms with E-state index in [1.807, 2.05) is 43.3 Å². The van der Waals surface area contributed by atoms with Crippen LogP contribution in [0.5, 0.6) is 0 Å². The number of aryl methyl sites for hydroxylation is 1. The van der Waals surface area contributed by atoms with Crippen LogP contribution in [0.3, 0.4) is 0 Å². The average molecular weight is 408 g/mol. The van der Waals surface area contributed by atoms with Crippen molar-refractivity contribution >= 4 is 23.4 Å². The summed E-state index contributed by atoms with van der Waals surface area (Å²) in [6.45, 7) is 1.91. The van der Waals surface area contributed by atoms with Crippen LogP contribution in [0.2, 0.25) is 0 Å². The van der Waals surface area contributed by atoms with Crippen molar-refractivity contribution in [3.8, 4) is 11.1 Å². The molecule has 3 amide bonds. The zero-order valence-electron chi connectivity index (χ0n) is 16.9. The Morgan fingerprint density at radius 3 is 2.50 bits per heavy atom. The lowest BCUT2D eigenvalue weighted by Gasteiger charge is -2.23. The summed E-state index contributed by atoms with van der Waals surface area (Å²) < 4.78 is 0. The molecule has 1 heterocycles. The van der Waals surface area contributed by atoms with E-state index in [1.165, 1.54) is 12.0 Å². The third-order valence-corrected chi connectivity index (χ3v) is 4.97. The van der Waals surface area contributed by atoms with Gasteiger partial charge in [0.25, 0.3) is 5.91 Å². The standard InChI is InChI=1S/C22H24N4O4/c1-14-5-3-4-6-18(14)15-7-9-16(10-8-15)22(29)26-13-17(25-30-2)11-19(26)21(28)24-12-20(23)27/h3-10,19H,11-13H2,1-2H3,(H2,23,27)(H,24,28)/t19-/m0/s1. The number of carbonyl (C=O) groups excluding carboxylic acids is 3. The molecule has 0 saturated carbocycles. The first-order valence-electron chi connectivity index (χ1n) is 9.52. The van der Waals surface area contributed by atoms with Gasteiger partial charge in [0.05, 0.1) is 18.8 Å². The van der Waals surface area contributed by atoms with E-state index in [1.54, 1.807) is 12.1 Å². The van der Waals surface area contributed by atoms with Gasteiger partial charge in [-0.3, -0.25) is 14.4 Å². The van der Waals surface area contributed by atoms with Crippen LogP contribution in [0.4, 0.5) is 0 Å². The van der Waals surface area contributed by atoms with Crippen LogP contribution >= 0.6 is 0 Å². The van der Waals surface area contributed by atoms with E-state index < -0.39 is 17.9 Å². The highest BCUT2D eigenvalue weighted by Gasteiger charge is 2.38. The second-order valence-electron chi connectivity index (χ2n) is 7.07. The molecular weight excluding hydrogens is 384 g/mol. The number of nitrogens with zero attached hydrogens (tertiary/aromatic N) is 2. The van der Waals surface area contributed by atoms with Crippen molar-refractivity contribution < 1.29 is 19.2 Å². The van der Waals surface area contributed by atoms with Gasteiger partial charge in [0.2, 0.25) is 11.8 Å². The molecule has 8 heteroatoms. The molecule has 1 aliphatic rings. The van der Waals surface area contributed by atoms with E-state index in [2.05, 4.69) is 10.5 Å². The Bertz CT molecular complexity index is 985. The molecule has 0 radical (unpaired) electrons. The predicted octanol–water partition coefficient (Wildman–Crippen LogP) is 1.48. The molecule has 8 nitrogen and oxygen atoms in total. The Balaban J connectivity index is 1.82. The fraction of sp³-hybridized carbons (Fsp3) is 0.273. The van der Waals surface area contributed by atoms with E-state index in [9.17, 15) is 14.4 Å². The van der Waals surface area contributed by atoms with Crippen LogP contribution < -0.4 is 11.1 Å². The minimum absolute atomic E-state index is 0.168. The highest BCUT2D eigenvalue weighted by atomic mass is 16.6. The smallest absolute Gasteiger partial charge is 0.254 e. The number of oxime groups is 1. The van der Waals surface area contributed by atoms with E-state index >= 15 is 0 Å². The number of amides is 3. The molecule has 1 fully saturated rings. The van der Waals surface area contributed by atoms with Crippen LogP contribution in [-0.4, -0.2) is 54.6 Å². The summed E-state index contributed by atoms with van der Waals surface area (Å²) in [4.78, 5) is 42.8. The zero-order chi connectivity index (χ0) is 21.7. The number of carbonyl (C=O) groups is 3. The first-order valence-corrected chi connectivity index (χ1v) is 9.52. The number of primary amides is 1. The van der Waals surface area contributed by atoms with E-state index in [0.29, 0.717) is 11.3 Å². The summed E-state index contributed by atoms with van der Waals surface area (Å²) in [5.41, 5.74) is 9.36. The fourth-order valence-electron chi connectivity index (χ4n) is 3.49. The number of rotatable bonds is 6. The van der Waals surface area contributed by atoms with Crippen molar-refractivity contribution in [3.05, 3.63) is 59.7 Å². The van der Waals surface area contributed by atoms with Crippen molar-refractivity contribution in [2.24, 2.45) is 10.9 Å². The number of likely N-dealkylation sites (tertiary alicyclic amines) is 1. The maximum Gasteiger partial charge on any atom is 0.254 e. The number of benzene rings is 2. The molecule has 1 saturated heterocycles. The van der Waals surface area contributed by atoms with E-state index in [-0.39, 0.29) is 25.4 Å². The maximum atomic E-state index is 13.1. The number of nitrogens with one attached hydrogen (secondary N) is 1. The second-order valence-corrected chi connectivity index (χ2v) is 7.07. The van der Waals surface area contributed by atoms with Crippen molar-refractivity contribution in [2.45, 2.75) is 19.4 Å². The SMILES string of the molecule is CON=C1C[C@@H](C(=O)NCC(N)=O)N(C(=O)c2ccc(-c3ccccc3C)cc2)C1. The van der Waals surface area contributed by atoms with Gasteiger partial charge in [-0.2, -0.15) is 0 Å². The third kappa shape index (κ3) is 4.65. The van der Waals surface area contributed by atoms with Crippen molar-refractivity contribution in [1.82, 2.24) is 10.2 Å². The van der Waals surface area contributed by atoms with Crippen LogP contribution in [-0.2, 0) is 14.4 Å². The van der Waals surface area contributed by atoms with Crippen molar-refractivity contribution in [2.75, 3.05) is 20.2 Å². The molecule has 0 aliphatic carbocycles. The van der Waals surface area contributed by atoms with Gasteiger partial charge in [-0.25, -0.2) is 0 Å². The molecule has 0 unspecified atom stereocenters. The largest absolute Gasteiger partial charge is 0.399 e. The topological polar surface area (TPSA) is 114 Å². The fourth-order valence-corrected chi connectivity index (χ4v) is 3.49. The molecular formula is C22H24N4O4. The molecule has 0 aromatic heterocycles. The highest BCUT2D eigenvalue weighted by Crippen LogP contribution is 2.25. The zero-order valence-corrected chi connectivity index (χ0v) is 16.9. The minimum Gasteiger partial charge on any atom is -0.399 e. The summed E-state index contributed by atoms with van der Waals surface area (Å²) in [6.07, 6.45) is 0.228. The predicted molar refractivity (Wildman–Crippen MR) is 113 cm³/mol. The van der Waals surface area contributed by atoms with Gasteiger partial charge >= 0.3 is 0 Å². The number of hydrogen-bond donors (Lipinski definition) is 2. The molecule has 3 rings (SSSR count). The molecule has 1 atom stereocenters. The van der Waals surface area contributed by atoms with Gasteiger partial charge in [0.1, 0.15) is 13.2 Å². The van der Waals surface area contributed by atoms with Gasteiger partial charge in [-0.1, -0.05) is 41.6 Å². The van der Waals surface area contributed by atoms with Crippen LogP contribution in [0.1, 0.15) is 22.3 Å². The highest BCUT2D eigenvalue weighted by molar-refractivity contribution is 6.05. The van der Waals surface area contributed by atoms with Gasteiger partial charge < -0.3 is 20.8 Å². The van der Waals surface area contributed by atoms with Crippen molar-refractivity contribution in [3.63, 3.8) is 0 Å². The average Bonchev–Trinajstić information content (AvgIpc) is 3.16. The lowest BCUT2D eigenvalue weighted by Crippen LogP contribution is -2.47. The summed E-state index contributed by atoms with van der Waals surface area (Å²) in [6, 6.07) is 14.5. The van der Waals surface area contributed by atoms with Crippen LogP contribution in [0.15, 0.2) is 53.7 Å². The summed E-state index contributed by atoms with van der Waals surface area (Å²) in [5, 5.41) is 6.35. The Morgan fingerprint density at radius 1 is 1.17 bits per heavy atom. The maximum absolute atomic E-state index is 13.1. The third-order valence-electron chi connectivity index (χ3n) is 4.97. The Morgan fingerprint density at radius 2 is 1.87 bits per heavy atom. The molecule has 3 N–H and O–H groups in total. The molecule has 1 aliphatic heterocycles. The summed E-state index contributed by atoms with van der Waals surface area (Å²) in [5.74, 6) is -1.41. The molecule has 0 spiro atoms. The second kappa shape index (κ2) is 9.21. The molecule has 156 valence electrons. The Kier molecular flexibility index (Phi) is 6.46. The molecule has 2 aromatic rings. The first-order chi connectivity index (χ1) is 14.4. The Labute approximate surface area is 174 Å². The van der Waals surface area contributed by atoms with Gasteiger partial charge in [0, 0.05) is 12.0 Å². The lowest BCUT2D eigenvalue weighted by atomic mass is 9.99. The van der Waals surface area contributed by atoms with E-state index in [4.69, 9.17) is 10.6 Å². The Hall–Kier alpha value is -3.68. The quantitative estimate of drug-likeness (QED) is 0.705. The van der Waals surface area contributed by atoms with E-state index in [0.717, 1.165) is 16.7 Å². The first kappa shape index (κ1) is 21.0. The monoisotopic (exact) mass is 408 g/mol.